The van der Waals surface area contributed by atoms with E-state index in [1.807, 2.05) is 6.92 Å². The standard InChI is InChI=1S/C22H34O3/c1-4-20(24)25-19-8-7-17-16-6-5-14-13-15(23)9-11-21(14,2)18(16)10-12-22(17,19)3/h14,16-19H,4-13H2,1-3H3/t14-,16-,17-,18-,19-,21-,22-/m0/s1. The van der Waals surface area contributed by atoms with Crippen molar-refractivity contribution in [3.05, 3.63) is 0 Å². The highest BCUT2D eigenvalue weighted by atomic mass is 16.5. The van der Waals surface area contributed by atoms with Gasteiger partial charge in [0.05, 0.1) is 0 Å². The molecule has 0 aromatic heterocycles. The number of Topliss-reactive ketones (excluding diaryl/α,β-unsaturated/α-hetero) is 1. The molecule has 3 heteroatoms. The summed E-state index contributed by atoms with van der Waals surface area (Å²) in [6.07, 6.45) is 10.6. The Labute approximate surface area is 152 Å². The minimum atomic E-state index is -0.0320. The average Bonchev–Trinajstić information content (AvgIpc) is 2.92. The smallest absolute Gasteiger partial charge is 0.305 e. The summed E-state index contributed by atoms with van der Waals surface area (Å²) in [6, 6.07) is 0. The molecule has 0 aliphatic heterocycles. The Morgan fingerprint density at radius 2 is 1.80 bits per heavy atom. The van der Waals surface area contributed by atoms with Gasteiger partial charge in [0, 0.05) is 24.7 Å². The van der Waals surface area contributed by atoms with Crippen LogP contribution in [0.2, 0.25) is 0 Å². The SMILES string of the molecule is CCC(=O)O[C@H]1CC[C@H]2[C@@H]3CC[C@H]4CC(=O)CC[C@]4(C)[C@H]3CC[C@]12C. The topological polar surface area (TPSA) is 43.4 Å². The monoisotopic (exact) mass is 346 g/mol. The largest absolute Gasteiger partial charge is 0.462 e. The highest BCUT2D eigenvalue weighted by Gasteiger charge is 2.61. The molecule has 0 saturated heterocycles. The third-order valence-corrected chi connectivity index (χ3v) is 8.96. The zero-order valence-corrected chi connectivity index (χ0v) is 16.2. The van der Waals surface area contributed by atoms with E-state index in [1.54, 1.807) is 0 Å². The summed E-state index contributed by atoms with van der Waals surface area (Å²) in [7, 11) is 0. The lowest BCUT2D eigenvalue weighted by atomic mass is 9.45. The Kier molecular flexibility index (Phi) is 4.28. The fourth-order valence-electron chi connectivity index (χ4n) is 7.43. The summed E-state index contributed by atoms with van der Waals surface area (Å²) in [5, 5.41) is 0. The number of carbonyl (C=O) groups is 2. The molecule has 140 valence electrons. The molecule has 0 unspecified atom stereocenters. The van der Waals surface area contributed by atoms with Crippen LogP contribution in [0.25, 0.3) is 0 Å². The molecule has 0 amide bonds. The predicted octanol–water partition coefficient (Wildman–Crippen LogP) is 4.92. The van der Waals surface area contributed by atoms with Crippen LogP contribution in [0.3, 0.4) is 0 Å². The van der Waals surface area contributed by atoms with Gasteiger partial charge in [0.15, 0.2) is 0 Å². The zero-order valence-electron chi connectivity index (χ0n) is 16.2. The number of ketones is 1. The second-order valence-electron chi connectivity index (χ2n) is 9.85. The molecule has 7 atom stereocenters. The van der Waals surface area contributed by atoms with Crippen molar-refractivity contribution in [3.63, 3.8) is 0 Å². The molecular formula is C22H34O3. The van der Waals surface area contributed by atoms with Crippen LogP contribution in [-0.2, 0) is 14.3 Å². The molecule has 0 aromatic carbocycles. The van der Waals surface area contributed by atoms with Crippen molar-refractivity contribution < 1.29 is 14.3 Å². The minimum Gasteiger partial charge on any atom is -0.462 e. The highest BCUT2D eigenvalue weighted by molar-refractivity contribution is 5.79. The van der Waals surface area contributed by atoms with E-state index < -0.39 is 0 Å². The number of hydrogen-bond acceptors (Lipinski definition) is 3. The molecule has 0 radical (unpaired) electrons. The third-order valence-electron chi connectivity index (χ3n) is 8.96. The third kappa shape index (κ3) is 2.59. The van der Waals surface area contributed by atoms with Gasteiger partial charge in [-0.05, 0) is 74.0 Å². The van der Waals surface area contributed by atoms with Crippen LogP contribution in [0.15, 0.2) is 0 Å². The summed E-state index contributed by atoms with van der Waals surface area (Å²) in [5.41, 5.74) is 0.552. The van der Waals surface area contributed by atoms with Gasteiger partial charge >= 0.3 is 5.97 Å². The molecule has 0 aromatic rings. The summed E-state index contributed by atoms with van der Waals surface area (Å²) >= 11 is 0. The zero-order chi connectivity index (χ0) is 17.8. The minimum absolute atomic E-state index is 0.0320. The van der Waals surface area contributed by atoms with Crippen LogP contribution < -0.4 is 0 Å². The number of esters is 1. The van der Waals surface area contributed by atoms with Gasteiger partial charge in [0.1, 0.15) is 11.9 Å². The van der Waals surface area contributed by atoms with E-state index in [1.165, 1.54) is 32.1 Å². The van der Waals surface area contributed by atoms with Crippen molar-refractivity contribution in [2.45, 2.75) is 91.1 Å². The Bertz CT molecular complexity index is 570. The van der Waals surface area contributed by atoms with Crippen LogP contribution in [0.1, 0.15) is 85.0 Å². The van der Waals surface area contributed by atoms with Crippen molar-refractivity contribution in [1.29, 1.82) is 0 Å². The van der Waals surface area contributed by atoms with Crippen LogP contribution in [0.5, 0.6) is 0 Å². The van der Waals surface area contributed by atoms with Crippen molar-refractivity contribution in [3.8, 4) is 0 Å². The summed E-state index contributed by atoms with van der Waals surface area (Å²) in [4.78, 5) is 23.9. The van der Waals surface area contributed by atoms with E-state index in [4.69, 9.17) is 4.74 Å². The summed E-state index contributed by atoms with van der Waals surface area (Å²) in [5.74, 6) is 3.34. The van der Waals surface area contributed by atoms with Gasteiger partial charge in [-0.2, -0.15) is 0 Å². The Morgan fingerprint density at radius 3 is 2.56 bits per heavy atom. The maximum atomic E-state index is 12.0. The summed E-state index contributed by atoms with van der Waals surface area (Å²) < 4.78 is 5.87. The molecule has 3 nitrogen and oxygen atoms in total. The van der Waals surface area contributed by atoms with E-state index in [0.717, 1.165) is 37.5 Å². The van der Waals surface area contributed by atoms with Crippen LogP contribution in [-0.4, -0.2) is 17.9 Å². The lowest BCUT2D eigenvalue weighted by Gasteiger charge is -2.60. The number of fused-ring (bicyclic) bond motifs is 5. The fourth-order valence-corrected chi connectivity index (χ4v) is 7.43. The number of hydrogen-bond donors (Lipinski definition) is 0. The van der Waals surface area contributed by atoms with Crippen molar-refractivity contribution in [2.24, 2.45) is 34.5 Å². The molecule has 4 saturated carbocycles. The second-order valence-corrected chi connectivity index (χ2v) is 9.85. The molecule has 4 aliphatic rings. The number of carbonyl (C=O) groups excluding carboxylic acids is 2. The Balaban J connectivity index is 1.56. The van der Waals surface area contributed by atoms with E-state index in [-0.39, 0.29) is 17.5 Å². The maximum Gasteiger partial charge on any atom is 0.305 e. The van der Waals surface area contributed by atoms with Gasteiger partial charge < -0.3 is 4.74 Å². The first-order valence-electron chi connectivity index (χ1n) is 10.6. The number of rotatable bonds is 2. The van der Waals surface area contributed by atoms with Gasteiger partial charge in [-0.25, -0.2) is 0 Å². The Hall–Kier alpha value is -0.860. The van der Waals surface area contributed by atoms with E-state index >= 15 is 0 Å². The fraction of sp³-hybridized carbons (Fsp3) is 0.909. The summed E-state index contributed by atoms with van der Waals surface area (Å²) in [6.45, 7) is 6.78. The van der Waals surface area contributed by atoms with Crippen LogP contribution >= 0.6 is 0 Å². The average molecular weight is 347 g/mol. The van der Waals surface area contributed by atoms with Gasteiger partial charge in [-0.15, -0.1) is 0 Å². The first-order chi connectivity index (χ1) is 11.9. The van der Waals surface area contributed by atoms with E-state index in [0.29, 0.717) is 29.5 Å². The Morgan fingerprint density at radius 1 is 1.04 bits per heavy atom. The van der Waals surface area contributed by atoms with Crippen LogP contribution in [0, 0.1) is 34.5 Å². The molecular weight excluding hydrogens is 312 g/mol. The molecule has 4 rings (SSSR count). The molecule has 0 spiro atoms. The van der Waals surface area contributed by atoms with Crippen molar-refractivity contribution >= 4 is 11.8 Å². The van der Waals surface area contributed by atoms with Gasteiger partial charge in [0.25, 0.3) is 0 Å². The van der Waals surface area contributed by atoms with E-state index in [2.05, 4.69) is 13.8 Å². The van der Waals surface area contributed by atoms with Crippen molar-refractivity contribution in [1.82, 2.24) is 0 Å². The second kappa shape index (κ2) is 6.09. The quantitative estimate of drug-likeness (QED) is 0.667. The molecule has 4 fully saturated rings. The predicted molar refractivity (Wildman–Crippen MR) is 96.9 cm³/mol. The molecule has 0 N–H and O–H groups in total. The lowest BCUT2D eigenvalue weighted by Crippen LogP contribution is -2.54. The van der Waals surface area contributed by atoms with Gasteiger partial charge in [-0.1, -0.05) is 20.8 Å². The molecule has 25 heavy (non-hydrogen) atoms. The highest BCUT2D eigenvalue weighted by Crippen LogP contribution is 2.66. The van der Waals surface area contributed by atoms with Crippen LogP contribution in [0.4, 0.5) is 0 Å². The lowest BCUT2D eigenvalue weighted by molar-refractivity contribution is -0.163. The number of ether oxygens (including phenoxy) is 1. The maximum absolute atomic E-state index is 12.0. The normalized spacial score (nSPS) is 49.1. The molecule has 0 bridgehead atoms. The molecule has 4 aliphatic carbocycles. The molecule has 0 heterocycles. The first kappa shape index (κ1) is 17.5. The van der Waals surface area contributed by atoms with Gasteiger partial charge in [-0.3, -0.25) is 9.59 Å². The first-order valence-corrected chi connectivity index (χ1v) is 10.6. The van der Waals surface area contributed by atoms with Crippen molar-refractivity contribution in [2.75, 3.05) is 0 Å². The van der Waals surface area contributed by atoms with Gasteiger partial charge in [0.2, 0.25) is 0 Å². The van der Waals surface area contributed by atoms with E-state index in [9.17, 15) is 9.59 Å².